The van der Waals surface area contributed by atoms with Gasteiger partial charge >= 0.3 is 0 Å². The van der Waals surface area contributed by atoms with Crippen molar-refractivity contribution in [3.63, 3.8) is 0 Å². The average Bonchev–Trinajstić information content (AvgIpc) is 2.60. The summed E-state index contributed by atoms with van der Waals surface area (Å²) in [6.45, 7) is 8.67. The summed E-state index contributed by atoms with van der Waals surface area (Å²) in [4.78, 5) is 9.30. The number of alkyl halides is 1. The van der Waals surface area contributed by atoms with Gasteiger partial charge in [0, 0.05) is 17.3 Å². The maximum atomic E-state index is 6.72. The molecule has 0 spiro atoms. The standard InChI is InChI=1S/C15H30ClN5S4/c1-5-9-22-15(16)18-13(20-23-10-6-2)17-14(19-15)21(24-11-7-3)25-12-8-4/h5-12H2,1-4H3,(H2,17,18,19,20). The first-order valence-electron chi connectivity index (χ1n) is 8.81. The predicted molar refractivity (Wildman–Crippen MR) is 123 cm³/mol. The summed E-state index contributed by atoms with van der Waals surface area (Å²) in [5.41, 5.74) is 0. The quantitative estimate of drug-likeness (QED) is 0.182. The Kier molecular flexibility index (Phi) is 12.7. The molecule has 0 fully saturated rings. The van der Waals surface area contributed by atoms with E-state index in [4.69, 9.17) is 16.6 Å². The minimum absolute atomic E-state index is 0.682. The fourth-order valence-corrected chi connectivity index (χ4v) is 5.18. The second-order valence-corrected chi connectivity index (χ2v) is 10.5. The summed E-state index contributed by atoms with van der Waals surface area (Å²) in [7, 11) is 0. The van der Waals surface area contributed by atoms with E-state index in [9.17, 15) is 0 Å². The van der Waals surface area contributed by atoms with E-state index >= 15 is 0 Å². The smallest absolute Gasteiger partial charge is 0.281 e. The third-order valence-corrected chi connectivity index (χ3v) is 7.92. The van der Waals surface area contributed by atoms with E-state index in [1.165, 1.54) is 0 Å². The van der Waals surface area contributed by atoms with Crippen LogP contribution in [0.5, 0.6) is 0 Å². The molecule has 0 bridgehead atoms. The van der Waals surface area contributed by atoms with Gasteiger partial charge in [0.25, 0.3) is 4.45 Å². The van der Waals surface area contributed by atoms with Crippen LogP contribution in [0.15, 0.2) is 9.98 Å². The lowest BCUT2D eigenvalue weighted by Gasteiger charge is -2.31. The summed E-state index contributed by atoms with van der Waals surface area (Å²) in [5, 5.41) is 3.32. The van der Waals surface area contributed by atoms with Crippen LogP contribution < -0.4 is 10.0 Å². The fourth-order valence-electron chi connectivity index (χ4n) is 1.62. The molecule has 25 heavy (non-hydrogen) atoms. The molecule has 146 valence electrons. The van der Waals surface area contributed by atoms with E-state index in [0.717, 1.165) is 54.7 Å². The lowest BCUT2D eigenvalue weighted by Crippen LogP contribution is -2.48. The molecule has 1 aliphatic rings. The van der Waals surface area contributed by atoms with Crippen molar-refractivity contribution in [3.8, 4) is 0 Å². The van der Waals surface area contributed by atoms with E-state index in [1.54, 1.807) is 47.6 Å². The normalized spacial score (nSPS) is 19.9. The van der Waals surface area contributed by atoms with Crippen LogP contribution in [0, 0.1) is 0 Å². The molecule has 2 N–H and O–H groups in total. The van der Waals surface area contributed by atoms with Gasteiger partial charge in [0.15, 0.2) is 0 Å². The molecule has 5 nitrogen and oxygen atoms in total. The van der Waals surface area contributed by atoms with Crippen LogP contribution in [0.4, 0.5) is 0 Å². The number of halogens is 1. The molecule has 0 aliphatic carbocycles. The minimum atomic E-state index is -0.997. The molecule has 1 atom stereocenters. The van der Waals surface area contributed by atoms with Crippen LogP contribution in [0.2, 0.25) is 0 Å². The van der Waals surface area contributed by atoms with E-state index in [0.29, 0.717) is 5.96 Å². The van der Waals surface area contributed by atoms with E-state index in [-0.39, 0.29) is 0 Å². The van der Waals surface area contributed by atoms with Crippen molar-refractivity contribution in [2.45, 2.75) is 57.8 Å². The van der Waals surface area contributed by atoms with Gasteiger partial charge in [-0.1, -0.05) is 63.0 Å². The molecule has 0 aromatic heterocycles. The molecule has 0 amide bonds. The Labute approximate surface area is 175 Å². The van der Waals surface area contributed by atoms with Gasteiger partial charge in [-0.05, 0) is 55.3 Å². The zero-order valence-corrected chi connectivity index (χ0v) is 19.5. The highest BCUT2D eigenvalue weighted by Crippen LogP contribution is 2.37. The summed E-state index contributed by atoms with van der Waals surface area (Å²) in [6.07, 6.45) is 4.37. The van der Waals surface area contributed by atoms with Crippen molar-refractivity contribution in [2.75, 3.05) is 23.0 Å². The van der Waals surface area contributed by atoms with E-state index in [1.807, 2.05) is 0 Å². The summed E-state index contributed by atoms with van der Waals surface area (Å²) < 4.78 is 4.44. The molecule has 0 saturated heterocycles. The lowest BCUT2D eigenvalue weighted by atomic mass is 10.6. The first-order valence-corrected chi connectivity index (χ1v) is 13.0. The van der Waals surface area contributed by atoms with Crippen molar-refractivity contribution in [1.29, 1.82) is 0 Å². The van der Waals surface area contributed by atoms with Crippen molar-refractivity contribution in [2.24, 2.45) is 9.98 Å². The number of nitrogens with one attached hydrogen (secondary N) is 2. The van der Waals surface area contributed by atoms with E-state index < -0.39 is 4.45 Å². The van der Waals surface area contributed by atoms with Gasteiger partial charge in [-0.2, -0.15) is 9.98 Å². The third kappa shape index (κ3) is 9.26. The lowest BCUT2D eigenvalue weighted by molar-refractivity contribution is 0.813. The maximum absolute atomic E-state index is 6.72. The van der Waals surface area contributed by atoms with Gasteiger partial charge in [0.1, 0.15) is 0 Å². The highest BCUT2D eigenvalue weighted by molar-refractivity contribution is 8.12. The fraction of sp³-hybridized carbons (Fsp3) is 0.867. The highest BCUT2D eigenvalue weighted by atomic mass is 35.5. The van der Waals surface area contributed by atoms with Crippen LogP contribution in [0.3, 0.4) is 0 Å². The number of rotatable bonds is 12. The number of guanidine groups is 2. The Hall–Kier alpha value is 0.430. The summed E-state index contributed by atoms with van der Waals surface area (Å²) in [5.74, 6) is 5.47. The van der Waals surface area contributed by atoms with E-state index in [2.05, 4.69) is 46.4 Å². The van der Waals surface area contributed by atoms with Gasteiger partial charge in [-0.3, -0.25) is 10.0 Å². The predicted octanol–water partition coefficient (Wildman–Crippen LogP) is 5.36. The first kappa shape index (κ1) is 23.5. The Morgan fingerprint density at radius 1 is 0.960 bits per heavy atom. The van der Waals surface area contributed by atoms with Gasteiger partial charge in [0.2, 0.25) is 11.9 Å². The molecule has 0 aromatic rings. The number of aliphatic imine (C=N–C) groups is 2. The number of hydrogen-bond acceptors (Lipinski definition) is 9. The molecule has 0 radical (unpaired) electrons. The second kappa shape index (κ2) is 13.6. The maximum Gasteiger partial charge on any atom is 0.281 e. The van der Waals surface area contributed by atoms with Gasteiger partial charge < -0.3 is 0 Å². The SMILES string of the molecule is CCCSNC1=NC(Cl)(SCCC)N=C(N(SCCC)SCCC)N1. The topological polar surface area (TPSA) is 52.0 Å². The van der Waals surface area contributed by atoms with Crippen LogP contribution in [-0.2, 0) is 0 Å². The van der Waals surface area contributed by atoms with Crippen LogP contribution in [-0.4, -0.2) is 43.1 Å². The first-order chi connectivity index (χ1) is 12.1. The number of nitrogens with zero attached hydrogens (tertiary/aromatic N) is 3. The van der Waals surface area contributed by atoms with Crippen LogP contribution in [0.25, 0.3) is 0 Å². The Bertz CT molecular complexity index is 430. The molecule has 0 saturated carbocycles. The summed E-state index contributed by atoms with van der Waals surface area (Å²) in [6, 6.07) is 0. The van der Waals surface area contributed by atoms with Crippen molar-refractivity contribution in [1.82, 2.24) is 13.7 Å². The monoisotopic (exact) mass is 443 g/mol. The Balaban J connectivity index is 2.91. The highest BCUT2D eigenvalue weighted by Gasteiger charge is 2.33. The molecule has 1 unspecified atom stereocenters. The molecule has 1 heterocycles. The molecule has 1 rings (SSSR count). The molecular formula is C15H30ClN5S4. The van der Waals surface area contributed by atoms with Gasteiger partial charge in [-0.25, -0.2) is 3.71 Å². The number of hydrogen-bond donors (Lipinski definition) is 2. The second-order valence-electron chi connectivity index (χ2n) is 5.27. The van der Waals surface area contributed by atoms with Crippen LogP contribution in [0.1, 0.15) is 53.4 Å². The minimum Gasteiger partial charge on any atom is -0.300 e. The zero-order chi connectivity index (χ0) is 18.5. The van der Waals surface area contributed by atoms with Crippen molar-refractivity contribution < 1.29 is 0 Å². The number of thioether (sulfide) groups is 1. The Morgan fingerprint density at radius 2 is 1.56 bits per heavy atom. The zero-order valence-electron chi connectivity index (χ0n) is 15.5. The third-order valence-electron chi connectivity index (χ3n) is 2.69. The largest absolute Gasteiger partial charge is 0.300 e. The average molecular weight is 444 g/mol. The molecule has 10 heteroatoms. The van der Waals surface area contributed by atoms with Crippen molar-refractivity contribution >= 4 is 71.1 Å². The van der Waals surface area contributed by atoms with Gasteiger partial charge in [0.05, 0.1) is 0 Å². The molecular weight excluding hydrogens is 414 g/mol. The summed E-state index contributed by atoms with van der Waals surface area (Å²) >= 11 is 13.5. The van der Waals surface area contributed by atoms with Crippen LogP contribution >= 0.6 is 59.2 Å². The molecule has 1 aliphatic heterocycles. The molecule has 0 aromatic carbocycles. The van der Waals surface area contributed by atoms with Gasteiger partial charge in [-0.15, -0.1) is 0 Å². The Morgan fingerprint density at radius 3 is 2.12 bits per heavy atom. The van der Waals surface area contributed by atoms with Crippen molar-refractivity contribution in [3.05, 3.63) is 0 Å².